The average Bonchev–Trinajstić information content (AvgIpc) is 2.80. The maximum atomic E-state index is 12.1. The summed E-state index contributed by atoms with van der Waals surface area (Å²) in [4.78, 5) is 23.0. The van der Waals surface area contributed by atoms with Crippen molar-refractivity contribution < 1.29 is 19.4 Å². The first-order valence-electron chi connectivity index (χ1n) is 5.86. The molecule has 0 bridgehead atoms. The highest BCUT2D eigenvalue weighted by atomic mass is 79.9. The van der Waals surface area contributed by atoms with Gasteiger partial charge in [-0.25, -0.2) is 0 Å². The highest BCUT2D eigenvalue weighted by Gasteiger charge is 2.35. The number of halogens is 1. The van der Waals surface area contributed by atoms with Crippen LogP contribution in [-0.2, 0) is 9.53 Å². The second-order valence-electron chi connectivity index (χ2n) is 4.53. The Morgan fingerprint density at radius 3 is 2.79 bits per heavy atom. The van der Waals surface area contributed by atoms with Crippen LogP contribution in [0.1, 0.15) is 15.9 Å². The number of nitrogens with one attached hydrogen (secondary N) is 1. The van der Waals surface area contributed by atoms with Gasteiger partial charge < -0.3 is 15.2 Å². The fraction of sp³-hybridized carbons (Fsp3) is 0.385. The van der Waals surface area contributed by atoms with Crippen molar-refractivity contribution in [2.75, 3.05) is 13.2 Å². The van der Waals surface area contributed by atoms with Gasteiger partial charge in [0, 0.05) is 10.0 Å². The molecular formula is C13H14BrNO4. The number of carboxylic acids is 1. The monoisotopic (exact) mass is 327 g/mol. The van der Waals surface area contributed by atoms with E-state index in [1.54, 1.807) is 18.2 Å². The molecule has 0 aliphatic carbocycles. The van der Waals surface area contributed by atoms with Gasteiger partial charge in [-0.2, -0.15) is 0 Å². The standard InChI is InChI=1S/C13H14BrNO4/c1-7-4-8(2-3-10(7)14)12(16)15-11-6-19-5-9(11)13(17)18/h2-4,9,11H,5-6H2,1H3,(H,15,16)(H,17,18). The minimum Gasteiger partial charge on any atom is -0.481 e. The van der Waals surface area contributed by atoms with Crippen molar-refractivity contribution in [1.29, 1.82) is 0 Å². The zero-order valence-corrected chi connectivity index (χ0v) is 11.9. The third kappa shape index (κ3) is 3.13. The van der Waals surface area contributed by atoms with E-state index in [0.717, 1.165) is 10.0 Å². The van der Waals surface area contributed by atoms with Crippen molar-refractivity contribution in [3.05, 3.63) is 33.8 Å². The number of hydrogen-bond acceptors (Lipinski definition) is 3. The number of rotatable bonds is 3. The molecule has 0 radical (unpaired) electrons. The fourth-order valence-corrected chi connectivity index (χ4v) is 2.22. The lowest BCUT2D eigenvalue weighted by Gasteiger charge is -2.16. The van der Waals surface area contributed by atoms with Gasteiger partial charge in [0.1, 0.15) is 5.92 Å². The molecule has 0 aromatic heterocycles. The van der Waals surface area contributed by atoms with Crippen LogP contribution in [0.5, 0.6) is 0 Å². The number of carboxylic acid groups (broad SMARTS) is 1. The molecule has 2 N–H and O–H groups in total. The van der Waals surface area contributed by atoms with Crippen LogP contribution in [0.25, 0.3) is 0 Å². The van der Waals surface area contributed by atoms with Crippen LogP contribution in [0.4, 0.5) is 0 Å². The molecule has 0 saturated carbocycles. The molecule has 1 amide bonds. The van der Waals surface area contributed by atoms with E-state index in [0.29, 0.717) is 5.56 Å². The van der Waals surface area contributed by atoms with Crippen LogP contribution in [0.15, 0.2) is 22.7 Å². The van der Waals surface area contributed by atoms with Crippen LogP contribution in [0.3, 0.4) is 0 Å². The summed E-state index contributed by atoms with van der Waals surface area (Å²) in [5.74, 6) is -1.91. The number of hydrogen-bond donors (Lipinski definition) is 2. The molecule has 5 nitrogen and oxygen atoms in total. The third-order valence-corrected chi connectivity index (χ3v) is 4.02. The minimum absolute atomic E-state index is 0.139. The largest absolute Gasteiger partial charge is 0.481 e. The first kappa shape index (κ1) is 14.0. The summed E-state index contributed by atoms with van der Waals surface area (Å²) in [5, 5.41) is 11.7. The number of amides is 1. The van der Waals surface area contributed by atoms with Crippen LogP contribution in [0, 0.1) is 12.8 Å². The number of aryl methyl sites for hydroxylation is 1. The van der Waals surface area contributed by atoms with Gasteiger partial charge in [-0.3, -0.25) is 9.59 Å². The number of aliphatic carboxylic acids is 1. The Labute approximate surface area is 119 Å². The topological polar surface area (TPSA) is 75.6 Å². The van der Waals surface area contributed by atoms with E-state index in [9.17, 15) is 9.59 Å². The summed E-state index contributed by atoms with van der Waals surface area (Å²) in [6, 6.07) is 4.77. The van der Waals surface area contributed by atoms with E-state index in [2.05, 4.69) is 21.2 Å². The molecule has 1 heterocycles. The molecule has 1 aliphatic heterocycles. The van der Waals surface area contributed by atoms with Crippen molar-refractivity contribution in [2.45, 2.75) is 13.0 Å². The number of carbonyl (C=O) groups is 2. The summed E-state index contributed by atoms with van der Waals surface area (Å²) in [5.41, 5.74) is 1.46. The number of carbonyl (C=O) groups excluding carboxylic acids is 1. The van der Waals surface area contributed by atoms with E-state index >= 15 is 0 Å². The summed E-state index contributed by atoms with van der Waals surface area (Å²) in [6.45, 7) is 2.26. The summed E-state index contributed by atoms with van der Waals surface area (Å²) >= 11 is 3.37. The molecule has 1 fully saturated rings. The summed E-state index contributed by atoms with van der Waals surface area (Å²) in [7, 11) is 0. The zero-order chi connectivity index (χ0) is 14.0. The first-order chi connectivity index (χ1) is 8.99. The molecule has 102 valence electrons. The molecule has 19 heavy (non-hydrogen) atoms. The molecule has 2 atom stereocenters. The second-order valence-corrected chi connectivity index (χ2v) is 5.38. The maximum Gasteiger partial charge on any atom is 0.311 e. The Morgan fingerprint density at radius 2 is 2.16 bits per heavy atom. The SMILES string of the molecule is Cc1cc(C(=O)NC2COCC2C(=O)O)ccc1Br. The summed E-state index contributed by atoms with van der Waals surface area (Å²) in [6.07, 6.45) is 0. The van der Waals surface area contributed by atoms with Gasteiger partial charge in [0.25, 0.3) is 5.91 Å². The lowest BCUT2D eigenvalue weighted by Crippen LogP contribution is -2.42. The molecule has 1 saturated heterocycles. The van der Waals surface area contributed by atoms with Gasteiger partial charge in [-0.1, -0.05) is 15.9 Å². The Balaban J connectivity index is 2.08. The van der Waals surface area contributed by atoms with E-state index in [4.69, 9.17) is 9.84 Å². The fourth-order valence-electron chi connectivity index (χ4n) is 1.98. The number of ether oxygens (including phenoxy) is 1. The van der Waals surface area contributed by atoms with Crippen LogP contribution in [-0.4, -0.2) is 36.2 Å². The molecule has 1 aromatic carbocycles. The normalized spacial score (nSPS) is 22.2. The quantitative estimate of drug-likeness (QED) is 0.883. The van der Waals surface area contributed by atoms with Gasteiger partial charge in [-0.05, 0) is 30.7 Å². The highest BCUT2D eigenvalue weighted by molar-refractivity contribution is 9.10. The lowest BCUT2D eigenvalue weighted by molar-refractivity contribution is -0.142. The van der Waals surface area contributed by atoms with Gasteiger partial charge >= 0.3 is 5.97 Å². The van der Waals surface area contributed by atoms with Crippen LogP contribution >= 0.6 is 15.9 Å². The van der Waals surface area contributed by atoms with Crippen molar-refractivity contribution in [2.24, 2.45) is 5.92 Å². The zero-order valence-electron chi connectivity index (χ0n) is 10.4. The van der Waals surface area contributed by atoms with Crippen molar-refractivity contribution in [3.8, 4) is 0 Å². The van der Waals surface area contributed by atoms with E-state index < -0.39 is 17.9 Å². The van der Waals surface area contributed by atoms with E-state index in [1.807, 2.05) is 6.92 Å². The van der Waals surface area contributed by atoms with E-state index in [-0.39, 0.29) is 19.1 Å². The Bertz CT molecular complexity index is 517. The third-order valence-electron chi connectivity index (χ3n) is 3.13. The van der Waals surface area contributed by atoms with Gasteiger partial charge in [0.2, 0.25) is 0 Å². The Hall–Kier alpha value is -1.40. The second kappa shape index (κ2) is 5.71. The lowest BCUT2D eigenvalue weighted by atomic mass is 10.0. The molecule has 2 unspecified atom stereocenters. The smallest absolute Gasteiger partial charge is 0.311 e. The predicted molar refractivity (Wildman–Crippen MR) is 72.1 cm³/mol. The predicted octanol–water partition coefficient (Wildman–Crippen LogP) is 1.59. The Morgan fingerprint density at radius 1 is 1.42 bits per heavy atom. The van der Waals surface area contributed by atoms with Crippen molar-refractivity contribution in [3.63, 3.8) is 0 Å². The van der Waals surface area contributed by atoms with Crippen molar-refractivity contribution >= 4 is 27.8 Å². The first-order valence-corrected chi connectivity index (χ1v) is 6.66. The Kier molecular flexibility index (Phi) is 4.21. The summed E-state index contributed by atoms with van der Waals surface area (Å²) < 4.78 is 6.04. The molecule has 0 spiro atoms. The maximum absolute atomic E-state index is 12.1. The molecular weight excluding hydrogens is 314 g/mol. The number of benzene rings is 1. The van der Waals surface area contributed by atoms with E-state index in [1.165, 1.54) is 0 Å². The highest BCUT2D eigenvalue weighted by Crippen LogP contribution is 2.18. The molecule has 6 heteroatoms. The molecule has 2 rings (SSSR count). The van der Waals surface area contributed by atoms with Crippen molar-refractivity contribution in [1.82, 2.24) is 5.32 Å². The average molecular weight is 328 g/mol. The van der Waals surface area contributed by atoms with Crippen LogP contribution in [0.2, 0.25) is 0 Å². The molecule has 1 aliphatic rings. The molecule has 1 aromatic rings. The van der Waals surface area contributed by atoms with Gasteiger partial charge in [0.15, 0.2) is 0 Å². The van der Waals surface area contributed by atoms with Gasteiger partial charge in [-0.15, -0.1) is 0 Å². The minimum atomic E-state index is -0.949. The van der Waals surface area contributed by atoms with Gasteiger partial charge in [0.05, 0.1) is 19.3 Å². The van der Waals surface area contributed by atoms with Crippen LogP contribution < -0.4 is 5.32 Å².